The lowest BCUT2D eigenvalue weighted by Crippen LogP contribution is -2.22. The van der Waals surface area contributed by atoms with E-state index in [1.807, 2.05) is 25.1 Å². The summed E-state index contributed by atoms with van der Waals surface area (Å²) in [7, 11) is 0. The van der Waals surface area contributed by atoms with Gasteiger partial charge in [0.2, 0.25) is 5.88 Å². The molecule has 2 aliphatic heterocycles. The Labute approximate surface area is 159 Å². The third kappa shape index (κ3) is 4.10. The van der Waals surface area contributed by atoms with E-state index < -0.39 is 5.41 Å². The number of hydrogen-bond acceptors (Lipinski definition) is 5. The maximum atomic E-state index is 12.1. The highest BCUT2D eigenvalue weighted by Crippen LogP contribution is 2.35. The highest BCUT2D eigenvalue weighted by atomic mass is 16.5. The first-order valence-corrected chi connectivity index (χ1v) is 9.02. The van der Waals surface area contributed by atoms with E-state index in [2.05, 4.69) is 22.1 Å². The number of fused-ring (bicyclic) bond motifs is 1. The topological polar surface area (TPSA) is 77.2 Å². The second-order valence-corrected chi connectivity index (χ2v) is 7.70. The van der Waals surface area contributed by atoms with Crippen molar-refractivity contribution in [2.24, 2.45) is 5.41 Å². The molecule has 3 rings (SSSR count). The SMILES string of the molecule is Cc1nc2ncn(CCc3ccccc3)c(O)c-2c1COC(=O)C(C)(C)C. The van der Waals surface area contributed by atoms with Crippen LogP contribution in [0.25, 0.3) is 11.4 Å². The molecule has 0 fully saturated rings. The molecule has 0 saturated carbocycles. The number of esters is 1. The molecule has 0 radical (unpaired) electrons. The number of carbonyl (C=O) groups is 1. The van der Waals surface area contributed by atoms with Crippen molar-refractivity contribution >= 4 is 5.97 Å². The third-order valence-electron chi connectivity index (χ3n) is 4.49. The first-order chi connectivity index (χ1) is 12.8. The molecular weight excluding hydrogens is 342 g/mol. The smallest absolute Gasteiger partial charge is 0.311 e. The van der Waals surface area contributed by atoms with Gasteiger partial charge in [-0.1, -0.05) is 30.3 Å². The molecule has 0 atom stereocenters. The van der Waals surface area contributed by atoms with E-state index in [-0.39, 0.29) is 18.5 Å². The van der Waals surface area contributed by atoms with Crippen LogP contribution in [-0.2, 0) is 29.1 Å². The van der Waals surface area contributed by atoms with Crippen LogP contribution in [0.3, 0.4) is 0 Å². The fourth-order valence-electron chi connectivity index (χ4n) is 2.84. The van der Waals surface area contributed by atoms with Gasteiger partial charge in [0.25, 0.3) is 0 Å². The van der Waals surface area contributed by atoms with Gasteiger partial charge in [-0.15, -0.1) is 0 Å². The van der Waals surface area contributed by atoms with Crippen molar-refractivity contribution in [1.29, 1.82) is 0 Å². The third-order valence-corrected chi connectivity index (χ3v) is 4.49. The van der Waals surface area contributed by atoms with Gasteiger partial charge < -0.3 is 14.4 Å². The summed E-state index contributed by atoms with van der Waals surface area (Å²) < 4.78 is 7.14. The Hall–Kier alpha value is -2.89. The highest BCUT2D eigenvalue weighted by Gasteiger charge is 2.27. The van der Waals surface area contributed by atoms with Crippen molar-refractivity contribution in [2.75, 3.05) is 0 Å². The largest absolute Gasteiger partial charge is 0.494 e. The minimum atomic E-state index is -0.584. The molecule has 1 aromatic carbocycles. The average Bonchev–Trinajstić information content (AvgIpc) is 2.95. The maximum absolute atomic E-state index is 12.1. The molecule has 0 amide bonds. The molecule has 6 heteroatoms. The van der Waals surface area contributed by atoms with Gasteiger partial charge in [0.1, 0.15) is 6.61 Å². The summed E-state index contributed by atoms with van der Waals surface area (Å²) in [4.78, 5) is 20.9. The number of carbonyl (C=O) groups excluding carboxylic acids is 1. The van der Waals surface area contributed by atoms with Crippen LogP contribution in [0, 0.1) is 12.3 Å². The molecule has 142 valence electrons. The Balaban J connectivity index is 1.85. The number of aromatic hydroxyl groups is 1. The summed E-state index contributed by atoms with van der Waals surface area (Å²) in [6, 6.07) is 10.1. The van der Waals surface area contributed by atoms with Gasteiger partial charge in [-0.25, -0.2) is 9.97 Å². The van der Waals surface area contributed by atoms with Crippen LogP contribution in [0.2, 0.25) is 0 Å². The zero-order chi connectivity index (χ0) is 19.6. The van der Waals surface area contributed by atoms with Crippen LogP contribution in [0.5, 0.6) is 5.88 Å². The fourth-order valence-corrected chi connectivity index (χ4v) is 2.84. The summed E-state index contributed by atoms with van der Waals surface area (Å²) in [6.45, 7) is 7.90. The zero-order valence-corrected chi connectivity index (χ0v) is 16.2. The number of nitrogens with zero attached hydrogens (tertiary/aromatic N) is 3. The fraction of sp³-hybridized carbons (Fsp3) is 0.381. The van der Waals surface area contributed by atoms with Crippen LogP contribution < -0.4 is 0 Å². The van der Waals surface area contributed by atoms with Gasteiger partial charge in [-0.2, -0.15) is 0 Å². The molecule has 2 aliphatic rings. The zero-order valence-electron chi connectivity index (χ0n) is 16.2. The van der Waals surface area contributed by atoms with Crippen LogP contribution in [0.1, 0.15) is 37.6 Å². The van der Waals surface area contributed by atoms with Crippen LogP contribution >= 0.6 is 0 Å². The lowest BCUT2D eigenvalue weighted by molar-refractivity contribution is -0.154. The first-order valence-electron chi connectivity index (χ1n) is 9.02. The first kappa shape index (κ1) is 18.9. The van der Waals surface area contributed by atoms with Crippen LogP contribution in [0.15, 0.2) is 36.7 Å². The normalized spacial score (nSPS) is 11.7. The number of aryl methyl sites for hydroxylation is 3. The minimum Gasteiger partial charge on any atom is -0.494 e. The van der Waals surface area contributed by atoms with Crippen LogP contribution in [-0.4, -0.2) is 25.6 Å². The standard InChI is InChI=1S/C21H25N3O3/c1-14-16(12-27-20(26)21(2,3)4)17-18(23-14)22-13-24(19(17)25)11-10-15-8-6-5-7-9-15/h5-9,13,25H,10-12H2,1-4H3. The predicted molar refractivity (Wildman–Crippen MR) is 102 cm³/mol. The van der Waals surface area contributed by atoms with E-state index >= 15 is 0 Å². The summed E-state index contributed by atoms with van der Waals surface area (Å²) in [6.07, 6.45) is 2.37. The van der Waals surface area contributed by atoms with Crippen molar-refractivity contribution in [2.45, 2.75) is 47.3 Å². The molecule has 0 spiro atoms. The molecule has 0 aromatic heterocycles. The second-order valence-electron chi connectivity index (χ2n) is 7.70. The van der Waals surface area contributed by atoms with E-state index in [4.69, 9.17) is 4.74 Å². The monoisotopic (exact) mass is 367 g/mol. The number of rotatable bonds is 5. The van der Waals surface area contributed by atoms with Crippen molar-refractivity contribution in [1.82, 2.24) is 14.5 Å². The minimum absolute atomic E-state index is 0.0658. The van der Waals surface area contributed by atoms with E-state index in [9.17, 15) is 9.90 Å². The number of ether oxygens (including phenoxy) is 1. The molecule has 0 unspecified atom stereocenters. The molecule has 0 aliphatic carbocycles. The average molecular weight is 367 g/mol. The van der Waals surface area contributed by atoms with E-state index in [0.29, 0.717) is 29.2 Å². The van der Waals surface area contributed by atoms with E-state index in [1.54, 1.807) is 31.7 Å². The molecule has 2 heterocycles. The Morgan fingerprint density at radius 1 is 1.22 bits per heavy atom. The molecule has 0 saturated heterocycles. The quantitative estimate of drug-likeness (QED) is 0.695. The van der Waals surface area contributed by atoms with Crippen molar-refractivity contribution in [3.8, 4) is 17.3 Å². The Bertz CT molecular complexity index is 911. The number of aromatic nitrogens is 3. The maximum Gasteiger partial charge on any atom is 0.311 e. The van der Waals surface area contributed by atoms with Crippen molar-refractivity contribution < 1.29 is 14.6 Å². The van der Waals surface area contributed by atoms with E-state index in [1.165, 1.54) is 5.56 Å². The molecule has 1 aromatic rings. The van der Waals surface area contributed by atoms with Gasteiger partial charge >= 0.3 is 5.97 Å². The molecular formula is C21H25N3O3. The molecule has 0 bridgehead atoms. The summed E-state index contributed by atoms with van der Waals surface area (Å²) in [5, 5.41) is 10.8. The van der Waals surface area contributed by atoms with Gasteiger partial charge in [-0.3, -0.25) is 4.79 Å². The summed E-state index contributed by atoms with van der Waals surface area (Å²) in [5.41, 5.74) is 2.54. The Morgan fingerprint density at radius 2 is 1.93 bits per heavy atom. The van der Waals surface area contributed by atoms with E-state index in [0.717, 1.165) is 6.42 Å². The van der Waals surface area contributed by atoms with Crippen molar-refractivity contribution in [3.63, 3.8) is 0 Å². The van der Waals surface area contributed by atoms with Gasteiger partial charge in [0, 0.05) is 17.8 Å². The lowest BCUT2D eigenvalue weighted by Gasteiger charge is -2.17. The van der Waals surface area contributed by atoms with Gasteiger partial charge in [0.05, 0.1) is 17.3 Å². The number of benzene rings is 1. The predicted octanol–water partition coefficient (Wildman–Crippen LogP) is 3.73. The van der Waals surface area contributed by atoms with Crippen LogP contribution in [0.4, 0.5) is 0 Å². The molecule has 6 nitrogen and oxygen atoms in total. The summed E-state index contributed by atoms with van der Waals surface area (Å²) >= 11 is 0. The highest BCUT2D eigenvalue weighted by molar-refractivity contribution is 5.76. The van der Waals surface area contributed by atoms with Gasteiger partial charge in [-0.05, 0) is 39.7 Å². The van der Waals surface area contributed by atoms with Crippen molar-refractivity contribution in [3.05, 3.63) is 53.5 Å². The number of hydrogen-bond donors (Lipinski definition) is 1. The second kappa shape index (κ2) is 7.39. The summed E-state index contributed by atoms with van der Waals surface area (Å²) in [5.74, 6) is 0.262. The molecule has 27 heavy (non-hydrogen) atoms. The Kier molecular flexibility index (Phi) is 5.17. The van der Waals surface area contributed by atoms with Gasteiger partial charge in [0.15, 0.2) is 5.82 Å². The lowest BCUT2D eigenvalue weighted by atomic mass is 9.97. The Morgan fingerprint density at radius 3 is 2.59 bits per heavy atom. The molecule has 1 N–H and O–H groups in total.